The molecule has 2 aromatic heterocycles. The second kappa shape index (κ2) is 8.35. The Labute approximate surface area is 166 Å². The Hall–Kier alpha value is -3.00. The van der Waals surface area contributed by atoms with Gasteiger partial charge < -0.3 is 10.2 Å². The summed E-state index contributed by atoms with van der Waals surface area (Å²) in [5, 5.41) is 3.28. The van der Waals surface area contributed by atoms with Gasteiger partial charge in [0.1, 0.15) is 11.4 Å². The van der Waals surface area contributed by atoms with Gasteiger partial charge in [-0.25, -0.2) is 4.98 Å². The van der Waals surface area contributed by atoms with Gasteiger partial charge in [-0.1, -0.05) is 24.6 Å². The molecule has 2 amide bonds. The van der Waals surface area contributed by atoms with Gasteiger partial charge in [0.2, 0.25) is 11.8 Å². The predicted octanol–water partition coefficient (Wildman–Crippen LogP) is 2.43. The van der Waals surface area contributed by atoms with E-state index in [1.54, 1.807) is 12.1 Å². The molecule has 0 aliphatic carbocycles. The van der Waals surface area contributed by atoms with E-state index >= 15 is 0 Å². The lowest BCUT2D eigenvalue weighted by molar-refractivity contribution is -0.133. The van der Waals surface area contributed by atoms with Crippen LogP contribution in [0.25, 0.3) is 10.2 Å². The summed E-state index contributed by atoms with van der Waals surface area (Å²) in [5.74, 6) is -0.640. The third-order valence-electron chi connectivity index (χ3n) is 4.37. The minimum atomic E-state index is -0.340. The molecule has 3 rings (SSSR count). The van der Waals surface area contributed by atoms with Crippen LogP contribution < -0.4 is 10.9 Å². The summed E-state index contributed by atoms with van der Waals surface area (Å²) in [4.78, 5) is 44.5. The number of aryl methyl sites for hydroxylation is 2. The molecule has 0 bridgehead atoms. The molecule has 1 aromatic carbocycles. The van der Waals surface area contributed by atoms with E-state index in [1.165, 1.54) is 34.2 Å². The van der Waals surface area contributed by atoms with Gasteiger partial charge in [-0.15, -0.1) is 11.3 Å². The lowest BCUT2D eigenvalue weighted by Gasteiger charge is -2.17. The zero-order valence-corrected chi connectivity index (χ0v) is 16.9. The van der Waals surface area contributed by atoms with Crippen molar-refractivity contribution in [1.82, 2.24) is 14.5 Å². The van der Waals surface area contributed by atoms with Gasteiger partial charge in [-0.2, -0.15) is 0 Å². The number of nitrogens with zero attached hydrogens (tertiary/aromatic N) is 3. The van der Waals surface area contributed by atoms with Crippen molar-refractivity contribution < 1.29 is 9.59 Å². The van der Waals surface area contributed by atoms with Gasteiger partial charge in [-0.3, -0.25) is 19.0 Å². The molecule has 146 valence electrons. The van der Waals surface area contributed by atoms with E-state index in [0.717, 1.165) is 16.9 Å². The molecule has 2 heterocycles. The number of fused-ring (bicyclic) bond motifs is 1. The summed E-state index contributed by atoms with van der Waals surface area (Å²) in [7, 11) is 1.54. The van der Waals surface area contributed by atoms with Crippen LogP contribution in [0.4, 0.5) is 5.69 Å². The van der Waals surface area contributed by atoms with Gasteiger partial charge in [-0.05, 0) is 31.5 Å². The highest BCUT2D eigenvalue weighted by molar-refractivity contribution is 7.18. The average molecular weight is 398 g/mol. The molecular weight excluding hydrogens is 376 g/mol. The first-order valence-electron chi connectivity index (χ1n) is 8.95. The second-order valence-electron chi connectivity index (χ2n) is 6.63. The van der Waals surface area contributed by atoms with E-state index in [4.69, 9.17) is 0 Å². The van der Waals surface area contributed by atoms with Crippen molar-refractivity contribution in [2.24, 2.45) is 0 Å². The van der Waals surface area contributed by atoms with Crippen LogP contribution in [0.5, 0.6) is 0 Å². The summed E-state index contributed by atoms with van der Waals surface area (Å²) >= 11 is 1.48. The molecule has 7 nitrogen and oxygen atoms in total. The fourth-order valence-electron chi connectivity index (χ4n) is 2.70. The maximum atomic E-state index is 12.6. The molecule has 0 atom stereocenters. The smallest absolute Gasteiger partial charge is 0.262 e. The van der Waals surface area contributed by atoms with E-state index in [-0.39, 0.29) is 30.5 Å². The molecule has 1 N–H and O–H groups in total. The predicted molar refractivity (Wildman–Crippen MR) is 111 cm³/mol. The number of carbonyl (C=O) groups excluding carboxylic acids is 2. The van der Waals surface area contributed by atoms with Gasteiger partial charge in [0, 0.05) is 17.6 Å². The number of aromatic nitrogens is 2. The molecule has 0 saturated carbocycles. The third kappa shape index (κ3) is 4.45. The lowest BCUT2D eigenvalue weighted by atomic mass is 10.2. The highest BCUT2D eigenvalue weighted by atomic mass is 32.1. The maximum absolute atomic E-state index is 12.6. The fraction of sp³-hybridized carbons (Fsp3) is 0.300. The van der Waals surface area contributed by atoms with Gasteiger partial charge in [0.05, 0.1) is 18.3 Å². The van der Waals surface area contributed by atoms with E-state index in [0.29, 0.717) is 15.9 Å². The van der Waals surface area contributed by atoms with Crippen molar-refractivity contribution in [3.63, 3.8) is 0 Å². The number of hydrogen-bond donors (Lipinski definition) is 1. The van der Waals surface area contributed by atoms with Crippen molar-refractivity contribution in [3.8, 4) is 0 Å². The molecular formula is C20H22N4O3S. The zero-order valence-electron chi connectivity index (χ0n) is 16.1. The molecule has 3 aromatic rings. The van der Waals surface area contributed by atoms with Crippen LogP contribution in [0.1, 0.15) is 17.4 Å². The molecule has 28 heavy (non-hydrogen) atoms. The van der Waals surface area contributed by atoms with Gasteiger partial charge >= 0.3 is 0 Å². The Kier molecular flexibility index (Phi) is 5.89. The van der Waals surface area contributed by atoms with E-state index in [2.05, 4.69) is 10.3 Å². The number of benzene rings is 1. The van der Waals surface area contributed by atoms with E-state index in [9.17, 15) is 14.4 Å². The highest BCUT2D eigenvalue weighted by Crippen LogP contribution is 2.20. The number of carbonyl (C=O) groups is 2. The van der Waals surface area contributed by atoms with Crippen LogP contribution >= 0.6 is 11.3 Å². The summed E-state index contributed by atoms with van der Waals surface area (Å²) < 4.78 is 1.28. The second-order valence-corrected chi connectivity index (χ2v) is 7.74. The normalized spacial score (nSPS) is 10.8. The third-order valence-corrected chi connectivity index (χ3v) is 5.55. The fourth-order valence-corrected chi connectivity index (χ4v) is 3.63. The largest absolute Gasteiger partial charge is 0.335 e. The van der Waals surface area contributed by atoms with Crippen molar-refractivity contribution in [1.29, 1.82) is 0 Å². The Morgan fingerprint density at radius 1 is 1.25 bits per heavy atom. The first kappa shape index (κ1) is 19.8. The summed E-state index contributed by atoms with van der Waals surface area (Å²) in [6.07, 6.45) is 2.22. The van der Waals surface area contributed by atoms with E-state index < -0.39 is 0 Å². The monoisotopic (exact) mass is 398 g/mol. The standard InChI is InChI=1S/C20H22N4O3S/c1-4-15-9-16-19(28-15)21-12-24(20(16)27)11-18(26)23(3)10-17(25)22-14-7-5-13(2)6-8-14/h5-9,12H,4,10-11H2,1-3H3,(H,22,25). The number of hydrogen-bond acceptors (Lipinski definition) is 5. The SMILES string of the molecule is CCc1cc2c(=O)n(CC(=O)N(C)CC(=O)Nc3ccc(C)cc3)cnc2s1. The Bertz CT molecular complexity index is 1070. The summed E-state index contributed by atoms with van der Waals surface area (Å²) in [6.45, 7) is 3.72. The number of likely N-dealkylation sites (N-methyl/N-ethyl adjacent to an activating group) is 1. The van der Waals surface area contributed by atoms with Crippen LogP contribution in [0.15, 0.2) is 41.5 Å². The molecule has 8 heteroatoms. The number of nitrogens with one attached hydrogen (secondary N) is 1. The van der Waals surface area contributed by atoms with Crippen LogP contribution in [-0.4, -0.2) is 39.9 Å². The molecule has 0 spiro atoms. The first-order valence-corrected chi connectivity index (χ1v) is 9.77. The quantitative estimate of drug-likeness (QED) is 0.691. The molecule has 0 radical (unpaired) electrons. The first-order chi connectivity index (χ1) is 13.4. The van der Waals surface area contributed by atoms with Gasteiger partial charge in [0.25, 0.3) is 5.56 Å². The zero-order chi connectivity index (χ0) is 20.3. The van der Waals surface area contributed by atoms with Crippen molar-refractivity contribution in [2.75, 3.05) is 18.9 Å². The minimum absolute atomic E-state index is 0.102. The summed E-state index contributed by atoms with van der Waals surface area (Å²) in [5.41, 5.74) is 1.52. The van der Waals surface area contributed by atoms with Crippen LogP contribution in [0, 0.1) is 6.92 Å². The summed E-state index contributed by atoms with van der Waals surface area (Å²) in [6, 6.07) is 9.24. The topological polar surface area (TPSA) is 84.3 Å². The highest BCUT2D eigenvalue weighted by Gasteiger charge is 2.16. The number of amides is 2. The molecule has 0 aliphatic heterocycles. The number of anilines is 1. The number of thiophene rings is 1. The van der Waals surface area contributed by atoms with Crippen LogP contribution in [-0.2, 0) is 22.6 Å². The minimum Gasteiger partial charge on any atom is -0.335 e. The van der Waals surface area contributed by atoms with Crippen LogP contribution in [0.2, 0.25) is 0 Å². The molecule has 0 aliphatic rings. The van der Waals surface area contributed by atoms with Crippen molar-refractivity contribution in [3.05, 3.63) is 57.5 Å². The van der Waals surface area contributed by atoms with E-state index in [1.807, 2.05) is 32.0 Å². The lowest BCUT2D eigenvalue weighted by Crippen LogP contribution is -2.38. The van der Waals surface area contributed by atoms with Crippen molar-refractivity contribution >= 4 is 39.1 Å². The Morgan fingerprint density at radius 2 is 1.96 bits per heavy atom. The maximum Gasteiger partial charge on any atom is 0.262 e. The Morgan fingerprint density at radius 3 is 2.64 bits per heavy atom. The van der Waals surface area contributed by atoms with Gasteiger partial charge in [0.15, 0.2) is 0 Å². The number of rotatable bonds is 6. The van der Waals surface area contributed by atoms with Crippen LogP contribution in [0.3, 0.4) is 0 Å². The molecule has 0 fully saturated rings. The molecule has 0 saturated heterocycles. The van der Waals surface area contributed by atoms with Crippen molar-refractivity contribution in [2.45, 2.75) is 26.8 Å². The Balaban J connectivity index is 1.64. The average Bonchev–Trinajstić information content (AvgIpc) is 3.10. The molecule has 0 unspecified atom stereocenters.